The van der Waals surface area contributed by atoms with E-state index in [0.717, 1.165) is 37.4 Å². The molecule has 11 heteroatoms. The minimum absolute atomic E-state index is 0.0736. The summed E-state index contributed by atoms with van der Waals surface area (Å²) in [6.45, 7) is 7.67. The van der Waals surface area contributed by atoms with Gasteiger partial charge >= 0.3 is 0 Å². The lowest BCUT2D eigenvalue weighted by molar-refractivity contribution is 0.0885. The van der Waals surface area contributed by atoms with Gasteiger partial charge in [-0.3, -0.25) is 19.5 Å². The molecule has 5 aromatic rings. The van der Waals surface area contributed by atoms with E-state index in [-0.39, 0.29) is 28.6 Å². The van der Waals surface area contributed by atoms with E-state index in [1.807, 2.05) is 56.3 Å². The molecule has 6 rings (SSSR count). The Balaban J connectivity index is 1.13. The highest BCUT2D eigenvalue weighted by Gasteiger charge is 2.26. The molecule has 1 fully saturated rings. The third kappa shape index (κ3) is 6.43. The molecule has 11 nitrogen and oxygen atoms in total. The first kappa shape index (κ1) is 29.6. The number of anilines is 3. The molecule has 3 aromatic carbocycles. The first-order chi connectivity index (χ1) is 21.7. The van der Waals surface area contributed by atoms with Crippen LogP contribution in [0.3, 0.4) is 0 Å². The zero-order valence-electron chi connectivity index (χ0n) is 25.4. The third-order valence-electron chi connectivity index (χ3n) is 8.03. The fourth-order valence-corrected chi connectivity index (χ4v) is 5.33. The van der Waals surface area contributed by atoms with Crippen molar-refractivity contribution in [1.29, 1.82) is 0 Å². The van der Waals surface area contributed by atoms with Crippen molar-refractivity contribution < 1.29 is 18.8 Å². The number of furan rings is 1. The molecule has 0 aliphatic carbocycles. The zero-order valence-corrected chi connectivity index (χ0v) is 25.4. The number of hydrogen-bond donors (Lipinski definition) is 4. The summed E-state index contributed by atoms with van der Waals surface area (Å²) in [4.78, 5) is 44.2. The lowest BCUT2D eigenvalue weighted by Gasteiger charge is -2.34. The van der Waals surface area contributed by atoms with Crippen molar-refractivity contribution in [2.75, 3.05) is 48.8 Å². The molecule has 45 heavy (non-hydrogen) atoms. The number of nitrogens with zero attached hydrogens (tertiary/aromatic N) is 3. The number of fused-ring (bicyclic) bond motifs is 1. The Morgan fingerprint density at radius 2 is 1.51 bits per heavy atom. The van der Waals surface area contributed by atoms with Crippen LogP contribution < -0.4 is 20.9 Å². The van der Waals surface area contributed by atoms with Crippen LogP contribution in [0.2, 0.25) is 0 Å². The van der Waals surface area contributed by atoms with Crippen LogP contribution in [0.15, 0.2) is 89.3 Å². The maximum Gasteiger partial charge on any atom is 0.287 e. The summed E-state index contributed by atoms with van der Waals surface area (Å²) in [5, 5.41) is 15.5. The van der Waals surface area contributed by atoms with Crippen molar-refractivity contribution in [1.82, 2.24) is 20.4 Å². The van der Waals surface area contributed by atoms with Gasteiger partial charge in [0.05, 0.1) is 16.8 Å². The number of para-hydroxylation sites is 1. The Kier molecular flexibility index (Phi) is 8.10. The minimum atomic E-state index is -0.644. The lowest BCUT2D eigenvalue weighted by Crippen LogP contribution is -2.44. The second-order valence-electron chi connectivity index (χ2n) is 11.7. The Morgan fingerprint density at radius 3 is 2.24 bits per heavy atom. The summed E-state index contributed by atoms with van der Waals surface area (Å²) in [6, 6.07) is 25.4. The Hall–Kier alpha value is -5.42. The highest BCUT2D eigenvalue weighted by atomic mass is 16.3. The number of carbonyl (C=O) groups is 3. The topological polar surface area (TPSA) is 136 Å². The number of benzene rings is 3. The highest BCUT2D eigenvalue weighted by Crippen LogP contribution is 2.27. The maximum absolute atomic E-state index is 13.4. The van der Waals surface area contributed by atoms with Gasteiger partial charge in [0.1, 0.15) is 5.52 Å². The second-order valence-corrected chi connectivity index (χ2v) is 11.7. The number of aromatic amines is 1. The predicted molar refractivity (Wildman–Crippen MR) is 174 cm³/mol. The molecular formula is C34H35N7O4. The van der Waals surface area contributed by atoms with E-state index >= 15 is 0 Å². The van der Waals surface area contributed by atoms with Crippen molar-refractivity contribution in [3.63, 3.8) is 0 Å². The molecule has 230 valence electrons. The molecule has 3 heterocycles. The molecule has 0 saturated carbocycles. The van der Waals surface area contributed by atoms with Gasteiger partial charge in [0.25, 0.3) is 17.7 Å². The van der Waals surface area contributed by atoms with Gasteiger partial charge in [-0.1, -0.05) is 42.5 Å². The number of rotatable bonds is 8. The number of amides is 3. The molecule has 1 aliphatic rings. The average molecular weight is 606 g/mol. The number of aromatic nitrogens is 2. The van der Waals surface area contributed by atoms with Gasteiger partial charge < -0.3 is 30.2 Å². The molecule has 1 aliphatic heterocycles. The Bertz CT molecular complexity index is 1840. The molecule has 3 amide bonds. The van der Waals surface area contributed by atoms with E-state index in [4.69, 9.17) is 4.42 Å². The van der Waals surface area contributed by atoms with Crippen LogP contribution in [0.5, 0.6) is 0 Å². The van der Waals surface area contributed by atoms with Gasteiger partial charge in [-0.25, -0.2) is 0 Å². The fraction of sp³-hybridized carbons (Fsp3) is 0.235. The quantitative estimate of drug-likeness (QED) is 0.194. The number of piperazine rings is 1. The van der Waals surface area contributed by atoms with Crippen LogP contribution in [0.25, 0.3) is 11.1 Å². The summed E-state index contributed by atoms with van der Waals surface area (Å²) >= 11 is 0. The fourth-order valence-electron chi connectivity index (χ4n) is 5.33. The van der Waals surface area contributed by atoms with Gasteiger partial charge in [-0.15, -0.1) is 0 Å². The highest BCUT2D eigenvalue weighted by molar-refractivity contribution is 6.13. The molecule has 4 N–H and O–H groups in total. The number of H-pyrrole nitrogens is 1. The number of carbonyl (C=O) groups excluding carboxylic acids is 3. The van der Waals surface area contributed by atoms with E-state index in [1.165, 1.54) is 6.07 Å². The van der Waals surface area contributed by atoms with Crippen LogP contribution in [-0.2, 0) is 5.54 Å². The summed E-state index contributed by atoms with van der Waals surface area (Å²) in [5.74, 6) is -1.04. The molecule has 2 aromatic heterocycles. The molecule has 0 radical (unpaired) electrons. The van der Waals surface area contributed by atoms with Crippen LogP contribution in [-0.4, -0.2) is 66.0 Å². The van der Waals surface area contributed by atoms with Crippen LogP contribution >= 0.6 is 0 Å². The van der Waals surface area contributed by atoms with Crippen LogP contribution in [0.1, 0.15) is 50.7 Å². The van der Waals surface area contributed by atoms with Crippen molar-refractivity contribution in [3.05, 3.63) is 107 Å². The maximum atomic E-state index is 13.4. The zero-order chi connectivity index (χ0) is 31.6. The molecule has 0 bridgehead atoms. The molecule has 0 atom stereocenters. The van der Waals surface area contributed by atoms with Crippen LogP contribution in [0.4, 0.5) is 17.2 Å². The van der Waals surface area contributed by atoms with Crippen molar-refractivity contribution >= 4 is 46.0 Å². The first-order valence-corrected chi connectivity index (χ1v) is 14.8. The summed E-state index contributed by atoms with van der Waals surface area (Å²) in [7, 11) is 2.11. The van der Waals surface area contributed by atoms with E-state index < -0.39 is 17.4 Å². The van der Waals surface area contributed by atoms with Gasteiger partial charge in [0.15, 0.2) is 17.2 Å². The standard InChI is InChI=1S/C34H35N7O4/c1-34(2,23-9-5-4-6-10-23)37-33(44)28-21-27-29(45-28)30(39-38-27)36-32(43)25-11-7-8-12-26(25)35-31(42)22-13-15-24(16-14-22)41-19-17-40(3)18-20-41/h4-16,21H,17-20H2,1-3H3,(H,35,42)(H,37,44)(H2,36,38,39,43). The van der Waals surface area contributed by atoms with Gasteiger partial charge in [0.2, 0.25) is 0 Å². The van der Waals surface area contributed by atoms with E-state index in [9.17, 15) is 14.4 Å². The lowest BCUT2D eigenvalue weighted by atomic mass is 9.94. The molecule has 0 spiro atoms. The Morgan fingerprint density at radius 1 is 0.822 bits per heavy atom. The third-order valence-corrected chi connectivity index (χ3v) is 8.03. The molecular weight excluding hydrogens is 570 g/mol. The van der Waals surface area contributed by atoms with Crippen molar-refractivity contribution in [3.8, 4) is 0 Å². The summed E-state index contributed by atoms with van der Waals surface area (Å²) < 4.78 is 5.83. The SMILES string of the molecule is CN1CCN(c2ccc(C(=O)Nc3ccccc3C(=O)Nc3n[nH]c4cc(C(=O)NC(C)(C)c5ccccc5)oc34)cc2)CC1. The normalized spacial score (nSPS) is 13.9. The van der Waals surface area contributed by atoms with Gasteiger partial charge in [-0.05, 0) is 62.9 Å². The predicted octanol–water partition coefficient (Wildman–Crippen LogP) is 5.08. The molecule has 1 saturated heterocycles. The molecule has 0 unspecified atom stereocenters. The number of hydrogen-bond acceptors (Lipinski definition) is 7. The van der Waals surface area contributed by atoms with E-state index in [0.29, 0.717) is 16.8 Å². The van der Waals surface area contributed by atoms with Crippen molar-refractivity contribution in [2.45, 2.75) is 19.4 Å². The Labute approximate surface area is 260 Å². The smallest absolute Gasteiger partial charge is 0.287 e. The minimum Gasteiger partial charge on any atom is -0.445 e. The van der Waals surface area contributed by atoms with E-state index in [1.54, 1.807) is 36.4 Å². The average Bonchev–Trinajstić information content (AvgIpc) is 3.64. The number of likely N-dealkylation sites (N-methyl/N-ethyl adjacent to an activating group) is 1. The van der Waals surface area contributed by atoms with E-state index in [2.05, 4.69) is 43.0 Å². The number of nitrogens with one attached hydrogen (secondary N) is 4. The second kappa shape index (κ2) is 12.3. The largest absolute Gasteiger partial charge is 0.445 e. The van der Waals surface area contributed by atoms with Gasteiger partial charge in [-0.2, -0.15) is 5.10 Å². The summed E-state index contributed by atoms with van der Waals surface area (Å²) in [6.07, 6.45) is 0. The monoisotopic (exact) mass is 605 g/mol. The van der Waals surface area contributed by atoms with Gasteiger partial charge in [0, 0.05) is 43.5 Å². The first-order valence-electron chi connectivity index (χ1n) is 14.8. The van der Waals surface area contributed by atoms with Crippen molar-refractivity contribution in [2.24, 2.45) is 0 Å². The summed E-state index contributed by atoms with van der Waals surface area (Å²) in [5.41, 5.74) is 3.12. The van der Waals surface area contributed by atoms with Crippen LogP contribution in [0, 0.1) is 0 Å².